The summed E-state index contributed by atoms with van der Waals surface area (Å²) in [5.74, 6) is 0. The number of hydrogen-bond donors (Lipinski definition) is 0. The van der Waals surface area contributed by atoms with Crippen molar-refractivity contribution in [2.24, 2.45) is 0 Å². The van der Waals surface area contributed by atoms with Gasteiger partial charge in [0.05, 0.1) is 20.8 Å². The zero-order chi connectivity index (χ0) is 17.8. The van der Waals surface area contributed by atoms with Crippen molar-refractivity contribution in [2.45, 2.75) is 33.1 Å². The van der Waals surface area contributed by atoms with Gasteiger partial charge in [0.2, 0.25) is 5.36 Å². The molecule has 0 radical (unpaired) electrons. The molecular weight excluding hydrogens is 669 g/mol. The molecule has 1 fully saturated rings. The summed E-state index contributed by atoms with van der Waals surface area (Å²) in [7, 11) is 0. The van der Waals surface area contributed by atoms with Crippen molar-refractivity contribution >= 4 is 58.8 Å². The van der Waals surface area contributed by atoms with E-state index in [-0.39, 0.29) is 0 Å². The molecule has 1 aromatic rings. The predicted molar refractivity (Wildman–Crippen MR) is 123 cm³/mol. The third-order valence-electron chi connectivity index (χ3n) is 4.64. The number of aryl methyl sites for hydroxylation is 2. The minimum absolute atomic E-state index is 0.530. The van der Waals surface area contributed by atoms with Gasteiger partial charge in [-0.25, -0.2) is 9.56 Å². The molecule has 2 aliphatic heterocycles. The summed E-state index contributed by atoms with van der Waals surface area (Å²) < 4.78 is 3.80. The van der Waals surface area contributed by atoms with Gasteiger partial charge in [-0.3, -0.25) is 0 Å². The maximum atomic E-state index is 5.01. The molecule has 0 aromatic heterocycles. The second-order valence-corrected chi connectivity index (χ2v) is 23.5. The molecule has 0 bridgehead atoms. The van der Waals surface area contributed by atoms with Crippen LogP contribution in [0, 0.1) is 6.92 Å². The summed E-state index contributed by atoms with van der Waals surface area (Å²) in [5, 5.41) is 1.38. The van der Waals surface area contributed by atoms with Gasteiger partial charge in [0.1, 0.15) is 13.1 Å². The molecular formula is C19H21I3N2S. The van der Waals surface area contributed by atoms with Crippen LogP contribution in [0.1, 0.15) is 30.9 Å². The number of hydrogen-bond acceptors (Lipinski definition) is 2. The minimum atomic E-state index is 0.530. The SMILES string of the molecule is CCc1cc(=[N+]2CCCC2)cc2sc3cccc(C)c3nc1-2.I[I-]I. The Morgan fingerprint density at radius 3 is 2.60 bits per heavy atom. The zero-order valence-corrected chi connectivity index (χ0v) is 21.6. The first-order valence-corrected chi connectivity index (χ1v) is 21.8. The monoisotopic (exact) mass is 690 g/mol. The summed E-state index contributed by atoms with van der Waals surface area (Å²) in [4.78, 5) is 6.33. The van der Waals surface area contributed by atoms with Gasteiger partial charge in [-0.15, -0.1) is 11.3 Å². The molecule has 0 unspecified atom stereocenters. The third-order valence-corrected chi connectivity index (χ3v) is 5.72. The molecule has 3 aliphatic rings. The van der Waals surface area contributed by atoms with E-state index in [2.05, 4.69) is 86.0 Å². The number of benzene rings is 2. The van der Waals surface area contributed by atoms with Crippen LogP contribution in [0.15, 0.2) is 30.3 Å². The first kappa shape index (κ1) is 20.2. The first-order valence-electron chi connectivity index (χ1n) is 8.46. The van der Waals surface area contributed by atoms with Crippen LogP contribution in [-0.4, -0.2) is 18.1 Å². The number of rotatable bonds is 1. The van der Waals surface area contributed by atoms with E-state index in [4.69, 9.17) is 4.98 Å². The summed E-state index contributed by atoms with van der Waals surface area (Å²) in [5.41, 5.74) is 4.99. The summed E-state index contributed by atoms with van der Waals surface area (Å²) >= 11 is 7.18. The quantitative estimate of drug-likeness (QED) is 0.218. The standard InChI is InChI=1S/C19H21N2S.I3/c1-3-14-11-15(21-9-4-5-10-21)12-17-19(14)20-18-13(2)7-6-8-16(18)22-17;1-3-2/h6-8,11-12H,3-5,9-10H2,1-2H3;/q+1;-1. The summed E-state index contributed by atoms with van der Waals surface area (Å²) in [6, 6.07) is 11.2. The normalized spacial score (nSPS) is 14.2. The average molecular weight is 690 g/mol. The topological polar surface area (TPSA) is 15.9 Å². The van der Waals surface area contributed by atoms with E-state index in [9.17, 15) is 0 Å². The van der Waals surface area contributed by atoms with Crippen molar-refractivity contribution in [3.63, 3.8) is 0 Å². The second-order valence-electron chi connectivity index (χ2n) is 6.19. The van der Waals surface area contributed by atoms with Crippen LogP contribution in [0.25, 0.3) is 20.8 Å². The molecule has 1 aromatic carbocycles. The molecule has 4 rings (SSSR count). The van der Waals surface area contributed by atoms with Crippen molar-refractivity contribution in [3.05, 3.63) is 46.8 Å². The van der Waals surface area contributed by atoms with Crippen molar-refractivity contribution < 1.29 is 13.3 Å². The van der Waals surface area contributed by atoms with Crippen LogP contribution < -0.4 is 23.2 Å². The number of para-hydroxylation sites is 1. The zero-order valence-electron chi connectivity index (χ0n) is 14.4. The van der Waals surface area contributed by atoms with Crippen LogP contribution in [0.2, 0.25) is 0 Å². The van der Waals surface area contributed by atoms with E-state index >= 15 is 0 Å². The van der Waals surface area contributed by atoms with Crippen LogP contribution >= 0.6 is 48.6 Å². The molecule has 0 spiro atoms. The fraction of sp³-hybridized carbons (Fsp3) is 0.368. The van der Waals surface area contributed by atoms with Gasteiger partial charge < -0.3 is 0 Å². The van der Waals surface area contributed by atoms with Crippen LogP contribution in [0.5, 0.6) is 0 Å². The Kier molecular flexibility index (Phi) is 7.74. The van der Waals surface area contributed by atoms with Gasteiger partial charge in [0.25, 0.3) is 0 Å². The molecule has 2 nitrogen and oxygen atoms in total. The first-order chi connectivity index (χ1) is 12.2. The van der Waals surface area contributed by atoms with E-state index in [1.165, 1.54) is 57.7 Å². The van der Waals surface area contributed by atoms with Crippen molar-refractivity contribution in [1.29, 1.82) is 0 Å². The molecule has 0 atom stereocenters. The Balaban J connectivity index is 0.000000569. The summed E-state index contributed by atoms with van der Waals surface area (Å²) in [6.07, 6.45) is 3.67. The van der Waals surface area contributed by atoms with Gasteiger partial charge in [-0.2, -0.15) is 0 Å². The van der Waals surface area contributed by atoms with E-state index < -0.39 is 0 Å². The molecule has 1 aliphatic carbocycles. The Labute approximate surface area is 183 Å². The Morgan fingerprint density at radius 2 is 1.92 bits per heavy atom. The molecule has 0 amide bonds. The van der Waals surface area contributed by atoms with Gasteiger partial charge in [-0.1, -0.05) is 19.1 Å². The van der Waals surface area contributed by atoms with Gasteiger partial charge in [0.15, 0.2) is 0 Å². The fourth-order valence-electron chi connectivity index (χ4n) is 3.37. The van der Waals surface area contributed by atoms with E-state index in [0.717, 1.165) is 11.9 Å². The average Bonchev–Trinajstić information content (AvgIpc) is 3.15. The third kappa shape index (κ3) is 4.66. The Bertz CT molecular complexity index is 912. The van der Waals surface area contributed by atoms with Crippen LogP contribution in [-0.2, 0) is 6.42 Å². The maximum absolute atomic E-state index is 5.01. The fourth-order valence-corrected chi connectivity index (χ4v) is 4.51. The molecule has 134 valence electrons. The van der Waals surface area contributed by atoms with Gasteiger partial charge >= 0.3 is 50.5 Å². The molecule has 1 saturated heterocycles. The van der Waals surface area contributed by atoms with Crippen molar-refractivity contribution in [2.75, 3.05) is 13.1 Å². The Hall–Kier alpha value is 0.450. The molecule has 25 heavy (non-hydrogen) atoms. The van der Waals surface area contributed by atoms with Gasteiger partial charge in [-0.05, 0) is 30.5 Å². The molecule has 6 heteroatoms. The number of aromatic nitrogens is 1. The second kappa shape index (κ2) is 9.59. The van der Waals surface area contributed by atoms with E-state index in [1.807, 2.05) is 11.3 Å². The molecule has 0 N–H and O–H groups in total. The van der Waals surface area contributed by atoms with Crippen molar-refractivity contribution in [3.8, 4) is 10.6 Å². The number of nitrogens with zero attached hydrogens (tertiary/aromatic N) is 2. The number of halogens is 3. The van der Waals surface area contributed by atoms with Crippen LogP contribution in [0.4, 0.5) is 0 Å². The van der Waals surface area contributed by atoms with E-state index in [1.54, 1.807) is 0 Å². The summed E-state index contributed by atoms with van der Waals surface area (Å²) in [6.45, 7) is 6.77. The Morgan fingerprint density at radius 1 is 1.20 bits per heavy atom. The number of fused-ring (bicyclic) bond motifs is 2. The van der Waals surface area contributed by atoms with Crippen LogP contribution in [0.3, 0.4) is 0 Å². The molecule has 0 saturated carbocycles. The predicted octanol–water partition coefficient (Wildman–Crippen LogP) is 2.61. The van der Waals surface area contributed by atoms with Crippen molar-refractivity contribution in [1.82, 2.24) is 9.56 Å². The molecule has 2 heterocycles. The van der Waals surface area contributed by atoms with Gasteiger partial charge in [0, 0.05) is 25.0 Å². The van der Waals surface area contributed by atoms with E-state index in [0.29, 0.717) is 13.3 Å².